The van der Waals surface area contributed by atoms with Gasteiger partial charge in [-0.05, 0) is 38.8 Å². The lowest BCUT2D eigenvalue weighted by molar-refractivity contribution is -0.0328. The van der Waals surface area contributed by atoms with Crippen LogP contribution in [-0.2, 0) is 11.3 Å². The van der Waals surface area contributed by atoms with E-state index < -0.39 is 0 Å². The van der Waals surface area contributed by atoms with Gasteiger partial charge in [-0.25, -0.2) is 0 Å². The Morgan fingerprint density at radius 3 is 2.74 bits per heavy atom. The molecular weight excluding hydrogens is 287 g/mol. The van der Waals surface area contributed by atoms with Crippen LogP contribution < -0.4 is 4.74 Å². The number of aliphatic hydroxyl groups excluding tert-OH is 1. The lowest BCUT2D eigenvalue weighted by Gasteiger charge is -2.20. The summed E-state index contributed by atoms with van der Waals surface area (Å²) in [5.41, 5.74) is 0.507. The Labute approximate surface area is 123 Å². The van der Waals surface area contributed by atoms with Crippen LogP contribution in [0.2, 0.25) is 10.0 Å². The molecular formula is C14H18Cl2O3. The molecule has 0 amide bonds. The Morgan fingerprint density at radius 1 is 1.42 bits per heavy atom. The van der Waals surface area contributed by atoms with Gasteiger partial charge in [0, 0.05) is 10.6 Å². The Hall–Kier alpha value is -0.480. The van der Waals surface area contributed by atoms with Gasteiger partial charge < -0.3 is 14.6 Å². The largest absolute Gasteiger partial charge is 0.489 e. The molecule has 5 heteroatoms. The topological polar surface area (TPSA) is 38.7 Å². The molecule has 1 aliphatic rings. The summed E-state index contributed by atoms with van der Waals surface area (Å²) >= 11 is 12.0. The highest BCUT2D eigenvalue weighted by Gasteiger charge is 2.32. The van der Waals surface area contributed by atoms with E-state index in [-0.39, 0.29) is 18.3 Å². The van der Waals surface area contributed by atoms with Gasteiger partial charge in [0.1, 0.15) is 12.4 Å². The van der Waals surface area contributed by atoms with Crippen LogP contribution in [0.4, 0.5) is 0 Å². The van der Waals surface area contributed by atoms with Gasteiger partial charge in [0.05, 0.1) is 23.3 Å². The van der Waals surface area contributed by atoms with E-state index in [1.54, 1.807) is 12.1 Å². The summed E-state index contributed by atoms with van der Waals surface area (Å²) in [6.45, 7) is 4.41. The standard InChI is InChI=1S/C14H18Cl2O3/c1-14(2)4-3-11(19-14)8-18-13-9(7-17)5-10(15)6-12(13)16/h5-6,11,17H,3-4,7-8H2,1-2H3. The predicted molar refractivity (Wildman–Crippen MR) is 76.1 cm³/mol. The molecule has 1 unspecified atom stereocenters. The number of hydrogen-bond acceptors (Lipinski definition) is 3. The second-order valence-corrected chi connectivity index (χ2v) is 6.23. The van der Waals surface area contributed by atoms with Gasteiger partial charge in [-0.3, -0.25) is 0 Å². The molecule has 1 fully saturated rings. The second kappa shape index (κ2) is 5.88. The van der Waals surface area contributed by atoms with E-state index in [9.17, 15) is 5.11 Å². The minimum absolute atomic E-state index is 0.0632. The summed E-state index contributed by atoms with van der Waals surface area (Å²) in [5, 5.41) is 10.2. The molecule has 1 aromatic rings. The Balaban J connectivity index is 2.04. The van der Waals surface area contributed by atoms with Crippen molar-refractivity contribution >= 4 is 23.2 Å². The number of hydrogen-bond donors (Lipinski definition) is 1. The molecule has 0 bridgehead atoms. The zero-order valence-corrected chi connectivity index (χ0v) is 12.6. The van der Waals surface area contributed by atoms with E-state index in [0.717, 1.165) is 12.8 Å². The maximum absolute atomic E-state index is 9.31. The van der Waals surface area contributed by atoms with Crippen LogP contribution in [-0.4, -0.2) is 23.4 Å². The summed E-state index contributed by atoms with van der Waals surface area (Å²) in [7, 11) is 0. The molecule has 0 saturated carbocycles. The third-order valence-electron chi connectivity index (χ3n) is 3.22. The van der Waals surface area contributed by atoms with Crippen molar-refractivity contribution in [1.82, 2.24) is 0 Å². The molecule has 3 nitrogen and oxygen atoms in total. The predicted octanol–water partition coefficient (Wildman–Crippen LogP) is 3.82. The molecule has 1 saturated heterocycles. The van der Waals surface area contributed by atoms with Crippen molar-refractivity contribution in [3.63, 3.8) is 0 Å². The average molecular weight is 305 g/mol. The second-order valence-electron chi connectivity index (χ2n) is 5.38. The molecule has 1 aliphatic heterocycles. The van der Waals surface area contributed by atoms with Crippen LogP contribution >= 0.6 is 23.2 Å². The summed E-state index contributed by atoms with van der Waals surface area (Å²) < 4.78 is 11.6. The van der Waals surface area contributed by atoms with E-state index in [0.29, 0.717) is 28.0 Å². The van der Waals surface area contributed by atoms with Crippen molar-refractivity contribution in [2.75, 3.05) is 6.61 Å². The lowest BCUT2D eigenvalue weighted by atomic mass is 10.1. The van der Waals surface area contributed by atoms with Crippen molar-refractivity contribution in [1.29, 1.82) is 0 Å². The van der Waals surface area contributed by atoms with Crippen molar-refractivity contribution in [2.45, 2.75) is 45.0 Å². The van der Waals surface area contributed by atoms with Gasteiger partial charge in [0.15, 0.2) is 0 Å². The van der Waals surface area contributed by atoms with Gasteiger partial charge >= 0.3 is 0 Å². The first kappa shape index (κ1) is 14.9. The van der Waals surface area contributed by atoms with E-state index in [2.05, 4.69) is 13.8 Å². The van der Waals surface area contributed by atoms with Gasteiger partial charge in [0.2, 0.25) is 0 Å². The van der Waals surface area contributed by atoms with Crippen molar-refractivity contribution < 1.29 is 14.6 Å². The molecule has 19 heavy (non-hydrogen) atoms. The minimum atomic E-state index is -0.160. The maximum atomic E-state index is 9.31. The molecule has 0 aliphatic carbocycles. The summed E-state index contributed by atoms with van der Waals surface area (Å²) in [4.78, 5) is 0. The van der Waals surface area contributed by atoms with E-state index >= 15 is 0 Å². The summed E-state index contributed by atoms with van der Waals surface area (Å²) in [6, 6.07) is 3.26. The first-order valence-corrected chi connectivity index (χ1v) is 7.06. The summed E-state index contributed by atoms with van der Waals surface area (Å²) in [5.74, 6) is 0.488. The van der Waals surface area contributed by atoms with Gasteiger partial charge in [-0.1, -0.05) is 23.2 Å². The average Bonchev–Trinajstić information content (AvgIpc) is 2.67. The van der Waals surface area contributed by atoms with E-state index in [1.807, 2.05) is 0 Å². The molecule has 2 rings (SSSR count). The van der Waals surface area contributed by atoms with Crippen molar-refractivity contribution in [2.24, 2.45) is 0 Å². The fourth-order valence-corrected chi connectivity index (χ4v) is 2.85. The van der Waals surface area contributed by atoms with Gasteiger partial charge in [0.25, 0.3) is 0 Å². The lowest BCUT2D eigenvalue weighted by Crippen LogP contribution is -2.24. The zero-order chi connectivity index (χ0) is 14.0. The number of halogens is 2. The van der Waals surface area contributed by atoms with Gasteiger partial charge in [-0.15, -0.1) is 0 Å². The minimum Gasteiger partial charge on any atom is -0.489 e. The monoisotopic (exact) mass is 304 g/mol. The number of rotatable bonds is 4. The highest BCUT2D eigenvalue weighted by molar-refractivity contribution is 6.35. The summed E-state index contributed by atoms with van der Waals surface area (Å²) in [6.07, 6.45) is 2.04. The molecule has 0 radical (unpaired) electrons. The molecule has 1 aromatic carbocycles. The van der Waals surface area contributed by atoms with Gasteiger partial charge in [-0.2, -0.15) is 0 Å². The first-order chi connectivity index (χ1) is 8.91. The highest BCUT2D eigenvalue weighted by atomic mass is 35.5. The normalized spacial score (nSPS) is 21.6. The van der Waals surface area contributed by atoms with Crippen LogP contribution in [0.15, 0.2) is 12.1 Å². The molecule has 106 valence electrons. The fourth-order valence-electron chi connectivity index (χ4n) is 2.26. The van der Waals surface area contributed by atoms with Crippen LogP contribution in [0.5, 0.6) is 5.75 Å². The third kappa shape index (κ3) is 3.76. The molecule has 0 aromatic heterocycles. The molecule has 1 N–H and O–H groups in total. The number of aliphatic hydroxyl groups is 1. The molecule has 1 heterocycles. The third-order valence-corrected chi connectivity index (χ3v) is 3.72. The number of benzene rings is 1. The Bertz CT molecular complexity index is 460. The van der Waals surface area contributed by atoms with Crippen LogP contribution in [0.1, 0.15) is 32.3 Å². The number of ether oxygens (including phenoxy) is 2. The highest BCUT2D eigenvalue weighted by Crippen LogP contribution is 2.34. The van der Waals surface area contributed by atoms with Crippen LogP contribution in [0.25, 0.3) is 0 Å². The quantitative estimate of drug-likeness (QED) is 0.919. The maximum Gasteiger partial charge on any atom is 0.143 e. The van der Waals surface area contributed by atoms with Crippen LogP contribution in [0.3, 0.4) is 0 Å². The Morgan fingerprint density at radius 2 is 2.16 bits per heavy atom. The van der Waals surface area contributed by atoms with Crippen molar-refractivity contribution in [3.05, 3.63) is 27.7 Å². The van der Waals surface area contributed by atoms with Crippen molar-refractivity contribution in [3.8, 4) is 5.75 Å². The first-order valence-electron chi connectivity index (χ1n) is 6.31. The van der Waals surface area contributed by atoms with E-state index in [4.69, 9.17) is 32.7 Å². The van der Waals surface area contributed by atoms with Crippen LogP contribution in [0, 0.1) is 0 Å². The zero-order valence-electron chi connectivity index (χ0n) is 11.1. The Kier molecular flexibility index (Phi) is 4.62. The molecule has 0 spiro atoms. The fraction of sp³-hybridized carbons (Fsp3) is 0.571. The van der Waals surface area contributed by atoms with E-state index in [1.165, 1.54) is 0 Å². The smallest absolute Gasteiger partial charge is 0.143 e. The SMILES string of the molecule is CC1(C)CCC(COc2c(Cl)cc(Cl)cc2CO)O1. The molecule has 1 atom stereocenters.